The lowest BCUT2D eigenvalue weighted by molar-refractivity contribution is 0.452. The molecule has 0 aromatic heterocycles. The Kier molecular flexibility index (Phi) is 4.41. The predicted molar refractivity (Wildman–Crippen MR) is 79.4 cm³/mol. The van der Waals surface area contributed by atoms with Gasteiger partial charge in [-0.3, -0.25) is 0 Å². The summed E-state index contributed by atoms with van der Waals surface area (Å²) in [6.45, 7) is 2.95. The molecule has 1 fully saturated rings. The minimum Gasteiger partial charge on any atom is -0.389 e. The molecule has 2 N–H and O–H groups in total. The first-order chi connectivity index (χ1) is 9.37. The number of benzene rings is 1. The molecule has 0 aliphatic carbocycles. The highest BCUT2D eigenvalue weighted by atomic mass is 32.2. The van der Waals surface area contributed by atoms with Gasteiger partial charge in [-0.15, -0.1) is 0 Å². The highest BCUT2D eigenvalue weighted by Crippen LogP contribution is 2.28. The monoisotopic (exact) mass is 316 g/mol. The second-order valence-electron chi connectivity index (χ2n) is 4.90. The van der Waals surface area contributed by atoms with Crippen molar-refractivity contribution in [2.75, 3.05) is 13.1 Å². The number of nitrogens with two attached hydrogens (primary N) is 1. The van der Waals surface area contributed by atoms with E-state index in [-0.39, 0.29) is 15.4 Å². The average molecular weight is 316 g/mol. The molecule has 0 bridgehead atoms. The Bertz CT molecular complexity index is 631. The van der Waals surface area contributed by atoms with Crippen LogP contribution in [0, 0.1) is 11.7 Å². The lowest BCUT2D eigenvalue weighted by Crippen LogP contribution is -2.31. The number of thiocarbonyl (C=S) groups is 1. The Labute approximate surface area is 123 Å². The quantitative estimate of drug-likeness (QED) is 0.862. The van der Waals surface area contributed by atoms with E-state index < -0.39 is 15.8 Å². The van der Waals surface area contributed by atoms with E-state index in [2.05, 4.69) is 0 Å². The standard InChI is InChI=1S/C13H17FN2O2S2/c1-2-9-6-7-16(8-9)20(17,18)11-5-3-4-10(14)12(11)13(15)19/h3-5,9H,2,6-8H2,1H3,(H2,15,19). The maximum absolute atomic E-state index is 13.8. The van der Waals surface area contributed by atoms with Crippen molar-refractivity contribution in [1.82, 2.24) is 4.31 Å². The molecule has 1 unspecified atom stereocenters. The third kappa shape index (κ3) is 2.70. The summed E-state index contributed by atoms with van der Waals surface area (Å²) in [7, 11) is -3.75. The Morgan fingerprint density at radius 1 is 1.55 bits per heavy atom. The first-order valence-corrected chi connectivity index (χ1v) is 8.31. The van der Waals surface area contributed by atoms with Crippen molar-refractivity contribution in [2.24, 2.45) is 11.7 Å². The smallest absolute Gasteiger partial charge is 0.243 e. The van der Waals surface area contributed by atoms with Crippen molar-refractivity contribution >= 4 is 27.2 Å². The van der Waals surface area contributed by atoms with Crippen LogP contribution in [0.1, 0.15) is 25.3 Å². The van der Waals surface area contributed by atoms with Crippen molar-refractivity contribution in [3.05, 3.63) is 29.6 Å². The van der Waals surface area contributed by atoms with Crippen molar-refractivity contribution < 1.29 is 12.8 Å². The van der Waals surface area contributed by atoms with Crippen LogP contribution in [0.3, 0.4) is 0 Å². The summed E-state index contributed by atoms with van der Waals surface area (Å²) in [6, 6.07) is 3.87. The van der Waals surface area contributed by atoms with Crippen LogP contribution in [-0.4, -0.2) is 30.8 Å². The van der Waals surface area contributed by atoms with E-state index in [0.717, 1.165) is 18.9 Å². The van der Waals surface area contributed by atoms with Gasteiger partial charge >= 0.3 is 0 Å². The molecule has 110 valence electrons. The minimum atomic E-state index is -3.75. The van der Waals surface area contributed by atoms with E-state index in [4.69, 9.17) is 18.0 Å². The van der Waals surface area contributed by atoms with Gasteiger partial charge in [-0.25, -0.2) is 12.8 Å². The second-order valence-corrected chi connectivity index (χ2v) is 7.25. The van der Waals surface area contributed by atoms with Gasteiger partial charge in [0.05, 0.1) is 10.5 Å². The summed E-state index contributed by atoms with van der Waals surface area (Å²) in [4.78, 5) is -0.380. The Balaban J connectivity index is 2.46. The molecule has 0 spiro atoms. The lowest BCUT2D eigenvalue weighted by Gasteiger charge is -2.18. The molecular formula is C13H17FN2O2S2. The number of nitrogens with zero attached hydrogens (tertiary/aromatic N) is 1. The van der Waals surface area contributed by atoms with Gasteiger partial charge in [0.15, 0.2) is 0 Å². The summed E-state index contributed by atoms with van der Waals surface area (Å²) < 4.78 is 40.4. The molecule has 7 heteroatoms. The number of sulfonamides is 1. The molecule has 1 aliphatic heterocycles. The van der Waals surface area contributed by atoms with Gasteiger partial charge in [0.1, 0.15) is 10.8 Å². The van der Waals surface area contributed by atoms with Gasteiger partial charge in [-0.05, 0) is 24.5 Å². The molecule has 1 atom stereocenters. The average Bonchev–Trinajstić information content (AvgIpc) is 2.87. The molecular weight excluding hydrogens is 299 g/mol. The highest BCUT2D eigenvalue weighted by molar-refractivity contribution is 7.89. The molecule has 1 saturated heterocycles. The van der Waals surface area contributed by atoms with Gasteiger partial charge in [0, 0.05) is 13.1 Å². The fraction of sp³-hybridized carbons (Fsp3) is 0.462. The summed E-state index contributed by atoms with van der Waals surface area (Å²) in [5, 5.41) is 0. The topological polar surface area (TPSA) is 63.4 Å². The van der Waals surface area contributed by atoms with E-state index in [9.17, 15) is 12.8 Å². The zero-order valence-corrected chi connectivity index (χ0v) is 12.8. The van der Waals surface area contributed by atoms with Gasteiger partial charge in [-0.1, -0.05) is 31.6 Å². The second kappa shape index (κ2) is 5.75. The van der Waals surface area contributed by atoms with E-state index in [1.807, 2.05) is 6.92 Å². The van der Waals surface area contributed by atoms with Gasteiger partial charge in [0.2, 0.25) is 10.0 Å². The van der Waals surface area contributed by atoms with Gasteiger partial charge in [-0.2, -0.15) is 4.31 Å². The Hall–Kier alpha value is -1.05. The first kappa shape index (κ1) is 15.3. The summed E-state index contributed by atoms with van der Waals surface area (Å²) >= 11 is 4.78. The third-order valence-corrected chi connectivity index (χ3v) is 5.78. The van der Waals surface area contributed by atoms with Crippen molar-refractivity contribution in [2.45, 2.75) is 24.7 Å². The largest absolute Gasteiger partial charge is 0.389 e. The van der Waals surface area contributed by atoms with Gasteiger partial charge in [0.25, 0.3) is 0 Å². The zero-order valence-electron chi connectivity index (χ0n) is 11.2. The molecule has 1 heterocycles. The Morgan fingerprint density at radius 2 is 2.25 bits per heavy atom. The maximum atomic E-state index is 13.8. The fourth-order valence-corrected chi connectivity index (χ4v) is 4.47. The molecule has 4 nitrogen and oxygen atoms in total. The van der Waals surface area contributed by atoms with Crippen LogP contribution in [0.5, 0.6) is 0 Å². The van der Waals surface area contributed by atoms with Crippen LogP contribution in [-0.2, 0) is 10.0 Å². The van der Waals surface area contributed by atoms with Crippen molar-refractivity contribution in [1.29, 1.82) is 0 Å². The summed E-state index contributed by atoms with van der Waals surface area (Å²) in [6.07, 6.45) is 1.75. The molecule has 0 radical (unpaired) electrons. The third-order valence-electron chi connectivity index (χ3n) is 3.67. The zero-order chi connectivity index (χ0) is 14.9. The summed E-state index contributed by atoms with van der Waals surface area (Å²) in [5.74, 6) is -0.351. The van der Waals surface area contributed by atoms with Crippen molar-refractivity contribution in [3.8, 4) is 0 Å². The Morgan fingerprint density at radius 3 is 2.80 bits per heavy atom. The van der Waals surface area contributed by atoms with E-state index in [1.165, 1.54) is 16.4 Å². The van der Waals surface area contributed by atoms with E-state index in [0.29, 0.717) is 19.0 Å². The van der Waals surface area contributed by atoms with Crippen LogP contribution >= 0.6 is 12.2 Å². The van der Waals surface area contributed by atoms with Crippen LogP contribution in [0.15, 0.2) is 23.1 Å². The lowest BCUT2D eigenvalue weighted by atomic mass is 10.1. The molecule has 20 heavy (non-hydrogen) atoms. The first-order valence-electron chi connectivity index (χ1n) is 6.46. The molecule has 0 saturated carbocycles. The summed E-state index contributed by atoms with van der Waals surface area (Å²) in [5.41, 5.74) is 5.28. The minimum absolute atomic E-state index is 0.137. The molecule has 1 aliphatic rings. The SMILES string of the molecule is CCC1CCN(S(=O)(=O)c2cccc(F)c2C(N)=S)C1. The van der Waals surface area contributed by atoms with Crippen molar-refractivity contribution in [3.63, 3.8) is 0 Å². The van der Waals surface area contributed by atoms with Gasteiger partial charge < -0.3 is 5.73 Å². The van der Waals surface area contributed by atoms with Crippen LogP contribution < -0.4 is 5.73 Å². The van der Waals surface area contributed by atoms with Crippen LogP contribution in [0.4, 0.5) is 4.39 Å². The van der Waals surface area contributed by atoms with Crippen LogP contribution in [0.25, 0.3) is 0 Å². The molecule has 1 aromatic carbocycles. The molecule has 1 aromatic rings. The van der Waals surface area contributed by atoms with E-state index >= 15 is 0 Å². The molecule has 0 amide bonds. The molecule has 2 rings (SSSR count). The van der Waals surface area contributed by atoms with Crippen LogP contribution in [0.2, 0.25) is 0 Å². The van der Waals surface area contributed by atoms with E-state index in [1.54, 1.807) is 0 Å². The fourth-order valence-electron chi connectivity index (χ4n) is 2.45. The maximum Gasteiger partial charge on any atom is 0.243 e. The predicted octanol–water partition coefficient (Wildman–Crippen LogP) is 1.88. The normalized spacial score (nSPS) is 20.2. The number of halogens is 1. The number of rotatable bonds is 4. The number of hydrogen-bond donors (Lipinski definition) is 1. The highest BCUT2D eigenvalue weighted by Gasteiger charge is 2.34. The number of hydrogen-bond acceptors (Lipinski definition) is 3.